The number of furan rings is 1. The smallest absolute Gasteiger partial charge is 0.257 e. The predicted octanol–water partition coefficient (Wildman–Crippen LogP) is 3.25. The fourth-order valence-electron chi connectivity index (χ4n) is 3.26. The van der Waals surface area contributed by atoms with Gasteiger partial charge in [0.25, 0.3) is 5.91 Å². The normalized spacial score (nSPS) is 17.1. The van der Waals surface area contributed by atoms with E-state index in [1.165, 1.54) is 10.6 Å². The van der Waals surface area contributed by atoms with Crippen molar-refractivity contribution in [3.63, 3.8) is 0 Å². The Morgan fingerprint density at radius 3 is 2.26 bits per heavy atom. The van der Waals surface area contributed by atoms with E-state index in [-0.39, 0.29) is 19.0 Å². The van der Waals surface area contributed by atoms with Gasteiger partial charge in [-0.25, -0.2) is 8.42 Å². The van der Waals surface area contributed by atoms with Gasteiger partial charge < -0.3 is 9.32 Å². The van der Waals surface area contributed by atoms with Crippen molar-refractivity contribution < 1.29 is 17.6 Å². The molecule has 1 aliphatic rings. The minimum absolute atomic E-state index is 0.115. The van der Waals surface area contributed by atoms with Crippen LogP contribution in [0.2, 0.25) is 0 Å². The van der Waals surface area contributed by atoms with E-state index in [2.05, 4.69) is 13.8 Å². The van der Waals surface area contributed by atoms with Crippen LogP contribution in [0, 0.1) is 6.92 Å². The summed E-state index contributed by atoms with van der Waals surface area (Å²) in [5.74, 6) is 0.871. The van der Waals surface area contributed by atoms with Gasteiger partial charge in [-0.2, -0.15) is 4.31 Å². The van der Waals surface area contributed by atoms with Gasteiger partial charge in [-0.15, -0.1) is 0 Å². The second kappa shape index (κ2) is 7.86. The largest absolute Gasteiger partial charge is 0.469 e. The number of hydrogen-bond acceptors (Lipinski definition) is 4. The van der Waals surface area contributed by atoms with Crippen molar-refractivity contribution in [1.29, 1.82) is 0 Å². The van der Waals surface area contributed by atoms with Crippen molar-refractivity contribution in [3.05, 3.63) is 53.5 Å². The van der Waals surface area contributed by atoms with E-state index in [1.807, 2.05) is 12.1 Å². The summed E-state index contributed by atoms with van der Waals surface area (Å²) in [6, 6.07) is 8.80. The molecule has 0 unspecified atom stereocenters. The van der Waals surface area contributed by atoms with Gasteiger partial charge in [0.05, 0.1) is 16.7 Å². The van der Waals surface area contributed by atoms with Crippen LogP contribution in [0.3, 0.4) is 0 Å². The summed E-state index contributed by atoms with van der Waals surface area (Å²) in [4.78, 5) is 14.5. The first kappa shape index (κ1) is 19.6. The Hall–Kier alpha value is -2.12. The molecule has 1 aliphatic heterocycles. The minimum atomic E-state index is -3.55. The number of carbonyl (C=O) groups is 1. The third kappa shape index (κ3) is 3.94. The molecular formula is C20H26N2O4S. The molecule has 146 valence electrons. The number of carbonyl (C=O) groups excluding carboxylic acids is 1. The number of rotatable bonds is 5. The Kier molecular flexibility index (Phi) is 5.72. The van der Waals surface area contributed by atoms with Gasteiger partial charge >= 0.3 is 0 Å². The monoisotopic (exact) mass is 390 g/mol. The molecule has 0 bridgehead atoms. The summed E-state index contributed by atoms with van der Waals surface area (Å²) < 4.78 is 32.5. The first-order valence-corrected chi connectivity index (χ1v) is 10.7. The highest BCUT2D eigenvalue weighted by Gasteiger charge is 2.31. The molecule has 27 heavy (non-hydrogen) atoms. The highest BCUT2D eigenvalue weighted by Crippen LogP contribution is 2.23. The Bertz CT molecular complexity index is 894. The summed E-state index contributed by atoms with van der Waals surface area (Å²) in [5.41, 5.74) is 1.68. The summed E-state index contributed by atoms with van der Waals surface area (Å²) in [6.45, 7) is 7.30. The van der Waals surface area contributed by atoms with Crippen LogP contribution in [0.15, 0.2) is 45.9 Å². The maximum atomic E-state index is 12.9. The van der Waals surface area contributed by atoms with E-state index in [1.54, 1.807) is 30.0 Å². The predicted molar refractivity (Wildman–Crippen MR) is 103 cm³/mol. The van der Waals surface area contributed by atoms with Crippen LogP contribution in [0.5, 0.6) is 0 Å². The Labute approximate surface area is 160 Å². The first-order chi connectivity index (χ1) is 12.8. The highest BCUT2D eigenvalue weighted by atomic mass is 32.2. The molecule has 0 radical (unpaired) electrons. The lowest BCUT2D eigenvalue weighted by molar-refractivity contribution is 0.0696. The lowest BCUT2D eigenvalue weighted by Crippen LogP contribution is -2.50. The van der Waals surface area contributed by atoms with Crippen molar-refractivity contribution in [2.24, 2.45) is 0 Å². The minimum Gasteiger partial charge on any atom is -0.469 e. The number of sulfonamides is 1. The van der Waals surface area contributed by atoms with Gasteiger partial charge in [-0.3, -0.25) is 4.79 Å². The van der Waals surface area contributed by atoms with Crippen LogP contribution < -0.4 is 0 Å². The van der Waals surface area contributed by atoms with Crippen LogP contribution >= 0.6 is 0 Å². The Balaban J connectivity index is 1.68. The van der Waals surface area contributed by atoms with Crippen molar-refractivity contribution in [1.82, 2.24) is 9.21 Å². The Morgan fingerprint density at radius 1 is 1.11 bits per heavy atom. The van der Waals surface area contributed by atoms with Crippen molar-refractivity contribution in [3.8, 4) is 0 Å². The molecule has 1 saturated heterocycles. The molecule has 1 amide bonds. The maximum Gasteiger partial charge on any atom is 0.257 e. The average molecular weight is 391 g/mol. The lowest BCUT2D eigenvalue weighted by Gasteiger charge is -2.34. The second-order valence-corrected chi connectivity index (χ2v) is 8.90. The van der Waals surface area contributed by atoms with Gasteiger partial charge in [0.1, 0.15) is 5.76 Å². The van der Waals surface area contributed by atoms with Crippen LogP contribution in [-0.2, 0) is 10.0 Å². The zero-order chi connectivity index (χ0) is 19.6. The molecule has 1 aromatic carbocycles. The molecule has 2 aromatic rings. The molecule has 0 N–H and O–H groups in total. The van der Waals surface area contributed by atoms with Crippen molar-refractivity contribution >= 4 is 15.9 Å². The van der Waals surface area contributed by atoms with Crippen LogP contribution in [0.1, 0.15) is 47.9 Å². The molecule has 0 saturated carbocycles. The molecule has 3 rings (SSSR count). The van der Waals surface area contributed by atoms with Crippen LogP contribution in [0.25, 0.3) is 0 Å². The van der Waals surface area contributed by atoms with Gasteiger partial charge in [-0.05, 0) is 43.0 Å². The fraction of sp³-hybridized carbons (Fsp3) is 0.450. The first-order valence-electron chi connectivity index (χ1n) is 9.28. The number of benzene rings is 1. The van der Waals surface area contributed by atoms with Crippen LogP contribution in [-0.4, -0.2) is 49.7 Å². The third-order valence-electron chi connectivity index (χ3n) is 5.31. The molecule has 1 fully saturated rings. The molecule has 2 heterocycles. The molecular weight excluding hydrogens is 364 g/mol. The molecule has 7 heteroatoms. The number of aryl methyl sites for hydroxylation is 1. The van der Waals surface area contributed by atoms with Gasteiger partial charge in [0, 0.05) is 26.2 Å². The quantitative estimate of drug-likeness (QED) is 0.786. The standard InChI is InChI=1S/C20H26N2O4S/c1-4-15(2)17-5-7-18(8-6-17)27(24,25)22-12-10-21(11-13-22)20(23)19-9-14-26-16(19)3/h5-9,14-15H,4,10-13H2,1-3H3/t15-/m1/s1. The summed E-state index contributed by atoms with van der Waals surface area (Å²) in [7, 11) is -3.55. The van der Waals surface area contributed by atoms with Gasteiger partial charge in [0.15, 0.2) is 0 Å². The third-order valence-corrected chi connectivity index (χ3v) is 7.23. The van der Waals surface area contributed by atoms with E-state index >= 15 is 0 Å². The lowest BCUT2D eigenvalue weighted by atomic mass is 9.99. The summed E-state index contributed by atoms with van der Waals surface area (Å²) in [5, 5.41) is 0. The SMILES string of the molecule is CC[C@@H](C)c1ccc(S(=O)(=O)N2CCN(C(=O)c3ccoc3C)CC2)cc1. The maximum absolute atomic E-state index is 12.9. The molecule has 1 atom stereocenters. The topological polar surface area (TPSA) is 70.8 Å². The van der Waals surface area contributed by atoms with E-state index in [0.717, 1.165) is 12.0 Å². The zero-order valence-electron chi connectivity index (χ0n) is 16.0. The zero-order valence-corrected chi connectivity index (χ0v) is 16.8. The number of amides is 1. The number of piperazine rings is 1. The van der Waals surface area contributed by atoms with E-state index in [9.17, 15) is 13.2 Å². The number of hydrogen-bond donors (Lipinski definition) is 0. The van der Waals surface area contributed by atoms with E-state index in [0.29, 0.717) is 35.2 Å². The second-order valence-electron chi connectivity index (χ2n) is 6.97. The fourth-order valence-corrected chi connectivity index (χ4v) is 4.68. The Morgan fingerprint density at radius 2 is 1.74 bits per heavy atom. The summed E-state index contributed by atoms with van der Waals surface area (Å²) >= 11 is 0. The summed E-state index contributed by atoms with van der Waals surface area (Å²) in [6.07, 6.45) is 2.50. The van der Waals surface area contributed by atoms with Crippen molar-refractivity contribution in [2.75, 3.05) is 26.2 Å². The van der Waals surface area contributed by atoms with Gasteiger partial charge in [-0.1, -0.05) is 26.0 Å². The van der Waals surface area contributed by atoms with Crippen molar-refractivity contribution in [2.45, 2.75) is 38.0 Å². The number of nitrogens with zero attached hydrogens (tertiary/aromatic N) is 2. The van der Waals surface area contributed by atoms with E-state index in [4.69, 9.17) is 4.42 Å². The molecule has 1 aromatic heterocycles. The average Bonchev–Trinajstić information content (AvgIpc) is 3.13. The molecule has 0 spiro atoms. The molecule has 6 nitrogen and oxygen atoms in total. The highest BCUT2D eigenvalue weighted by molar-refractivity contribution is 7.89. The van der Waals surface area contributed by atoms with Crippen LogP contribution in [0.4, 0.5) is 0 Å². The van der Waals surface area contributed by atoms with E-state index < -0.39 is 10.0 Å². The molecule has 0 aliphatic carbocycles. The van der Waals surface area contributed by atoms with Gasteiger partial charge in [0.2, 0.25) is 10.0 Å².